The molecule has 0 spiro atoms. The second-order valence-corrected chi connectivity index (χ2v) is 6.26. The van der Waals surface area contributed by atoms with Gasteiger partial charge in [-0.15, -0.1) is 0 Å². The third-order valence-corrected chi connectivity index (χ3v) is 4.32. The van der Waals surface area contributed by atoms with Crippen molar-refractivity contribution in [2.24, 2.45) is 5.73 Å². The van der Waals surface area contributed by atoms with Gasteiger partial charge in [0.1, 0.15) is 0 Å². The molecule has 1 rings (SSSR count). The number of amides is 1. The number of nitrogens with two attached hydrogens (primary N) is 1. The Kier molecular flexibility index (Phi) is 4.69. The maximum absolute atomic E-state index is 11.5. The van der Waals surface area contributed by atoms with E-state index in [0.29, 0.717) is 6.04 Å². The maximum atomic E-state index is 11.5. The van der Waals surface area contributed by atoms with Crippen LogP contribution >= 0.6 is 0 Å². The van der Waals surface area contributed by atoms with Crippen LogP contribution in [0.5, 0.6) is 0 Å². The van der Waals surface area contributed by atoms with Crippen LogP contribution in [0.3, 0.4) is 0 Å². The first kappa shape index (κ1) is 13.4. The third-order valence-electron chi connectivity index (χ3n) is 2.46. The molecule has 1 aliphatic rings. The van der Waals surface area contributed by atoms with Crippen LogP contribution in [0.4, 0.5) is 0 Å². The van der Waals surface area contributed by atoms with Crippen LogP contribution in [-0.2, 0) is 14.8 Å². The highest BCUT2D eigenvalue weighted by Crippen LogP contribution is 2.18. The highest BCUT2D eigenvalue weighted by atomic mass is 32.2. The Hall–Kier alpha value is -0.660. The molecule has 4 N–H and O–H groups in total. The fourth-order valence-electron chi connectivity index (χ4n) is 1.10. The topological polar surface area (TPSA) is 101 Å². The summed E-state index contributed by atoms with van der Waals surface area (Å²) in [5.41, 5.74) is 5.27. The highest BCUT2D eigenvalue weighted by molar-refractivity contribution is 7.90. The Balaban J connectivity index is 2.20. The minimum absolute atomic E-state index is 0.0730. The molecule has 0 radical (unpaired) electrons. The van der Waals surface area contributed by atoms with Crippen molar-refractivity contribution in [2.75, 3.05) is 13.1 Å². The van der Waals surface area contributed by atoms with Gasteiger partial charge in [-0.05, 0) is 19.8 Å². The summed E-state index contributed by atoms with van der Waals surface area (Å²) in [4.78, 5) is 11.2. The lowest BCUT2D eigenvalue weighted by atomic mass is 10.4. The van der Waals surface area contributed by atoms with Gasteiger partial charge in [0, 0.05) is 25.6 Å². The van der Waals surface area contributed by atoms with Crippen LogP contribution in [-0.4, -0.2) is 38.7 Å². The normalized spacial score (nSPS) is 18.1. The molecule has 0 bridgehead atoms. The fourth-order valence-corrected chi connectivity index (χ4v) is 2.03. The van der Waals surface area contributed by atoms with Crippen LogP contribution in [0.15, 0.2) is 0 Å². The van der Waals surface area contributed by atoms with Crippen molar-refractivity contribution in [3.05, 3.63) is 0 Å². The van der Waals surface area contributed by atoms with E-state index >= 15 is 0 Å². The van der Waals surface area contributed by atoms with Gasteiger partial charge < -0.3 is 11.1 Å². The standard InChI is InChI=1S/C9H19N3O3S/c1-7(6-10)16(14,15)11-5-4-9(13)12-8-2-3-8/h7-8,11H,2-6,10H2,1H3,(H,12,13). The molecule has 0 aromatic carbocycles. The summed E-state index contributed by atoms with van der Waals surface area (Å²) in [7, 11) is -3.37. The number of carbonyl (C=O) groups excluding carboxylic acids is 1. The number of hydrogen-bond donors (Lipinski definition) is 3. The van der Waals surface area contributed by atoms with E-state index in [1.807, 2.05) is 0 Å². The van der Waals surface area contributed by atoms with E-state index in [1.165, 1.54) is 6.92 Å². The largest absolute Gasteiger partial charge is 0.353 e. The van der Waals surface area contributed by atoms with Gasteiger partial charge >= 0.3 is 0 Å². The highest BCUT2D eigenvalue weighted by Gasteiger charge is 2.23. The molecule has 0 aromatic heterocycles. The second kappa shape index (κ2) is 5.60. The van der Waals surface area contributed by atoms with Gasteiger partial charge in [0.2, 0.25) is 15.9 Å². The van der Waals surface area contributed by atoms with E-state index in [-0.39, 0.29) is 25.4 Å². The zero-order valence-corrected chi connectivity index (χ0v) is 10.2. The first-order valence-corrected chi connectivity index (χ1v) is 6.98. The molecule has 0 heterocycles. The smallest absolute Gasteiger partial charge is 0.221 e. The molecular weight excluding hydrogens is 230 g/mol. The van der Waals surface area contributed by atoms with E-state index in [1.54, 1.807) is 0 Å². The van der Waals surface area contributed by atoms with Gasteiger partial charge in [0.15, 0.2) is 0 Å². The Morgan fingerprint density at radius 1 is 1.50 bits per heavy atom. The molecule has 6 nitrogen and oxygen atoms in total. The molecule has 1 saturated carbocycles. The summed E-state index contributed by atoms with van der Waals surface area (Å²) in [6.45, 7) is 1.74. The lowest BCUT2D eigenvalue weighted by Gasteiger charge is -2.11. The molecule has 94 valence electrons. The average molecular weight is 249 g/mol. The SMILES string of the molecule is CC(CN)S(=O)(=O)NCCC(=O)NC1CC1. The van der Waals surface area contributed by atoms with Crippen molar-refractivity contribution in [1.82, 2.24) is 10.0 Å². The number of sulfonamides is 1. The lowest BCUT2D eigenvalue weighted by Crippen LogP contribution is -2.39. The first-order chi connectivity index (χ1) is 7.45. The Bertz CT molecular complexity index is 338. The van der Waals surface area contributed by atoms with Crippen LogP contribution in [0.2, 0.25) is 0 Å². The van der Waals surface area contributed by atoms with Crippen LogP contribution in [0.25, 0.3) is 0 Å². The van der Waals surface area contributed by atoms with Gasteiger partial charge in [0.25, 0.3) is 0 Å². The number of nitrogens with one attached hydrogen (secondary N) is 2. The molecule has 0 aliphatic heterocycles. The minimum Gasteiger partial charge on any atom is -0.353 e. The van der Waals surface area contributed by atoms with Crippen molar-refractivity contribution in [3.63, 3.8) is 0 Å². The Morgan fingerprint density at radius 3 is 2.62 bits per heavy atom. The average Bonchev–Trinajstić information content (AvgIpc) is 3.00. The Morgan fingerprint density at radius 2 is 2.12 bits per heavy atom. The summed E-state index contributed by atoms with van der Waals surface area (Å²) < 4.78 is 25.3. The summed E-state index contributed by atoms with van der Waals surface area (Å²) in [5.74, 6) is -0.106. The molecule has 1 amide bonds. The predicted octanol–water partition coefficient (Wildman–Crippen LogP) is -1.08. The fraction of sp³-hybridized carbons (Fsp3) is 0.889. The molecule has 1 atom stereocenters. The number of hydrogen-bond acceptors (Lipinski definition) is 4. The van der Waals surface area contributed by atoms with Crippen LogP contribution in [0, 0.1) is 0 Å². The number of rotatable bonds is 7. The summed E-state index contributed by atoms with van der Waals surface area (Å²) in [6.07, 6.45) is 2.23. The van der Waals surface area contributed by atoms with E-state index < -0.39 is 15.3 Å². The first-order valence-electron chi connectivity index (χ1n) is 5.43. The zero-order valence-electron chi connectivity index (χ0n) is 9.40. The summed E-state index contributed by atoms with van der Waals surface area (Å²) in [5, 5.41) is 2.16. The molecule has 1 aliphatic carbocycles. The molecular formula is C9H19N3O3S. The Labute approximate surface area is 96.0 Å². The van der Waals surface area contributed by atoms with Gasteiger partial charge in [-0.3, -0.25) is 4.79 Å². The quantitative estimate of drug-likeness (QED) is 0.534. The molecule has 0 saturated heterocycles. The molecule has 1 unspecified atom stereocenters. The molecule has 7 heteroatoms. The number of carbonyl (C=O) groups is 1. The lowest BCUT2D eigenvalue weighted by molar-refractivity contribution is -0.121. The van der Waals surface area contributed by atoms with Crippen molar-refractivity contribution in [3.8, 4) is 0 Å². The second-order valence-electron chi connectivity index (χ2n) is 4.08. The van der Waals surface area contributed by atoms with Gasteiger partial charge in [-0.1, -0.05) is 0 Å². The monoisotopic (exact) mass is 249 g/mol. The van der Waals surface area contributed by atoms with Crippen molar-refractivity contribution >= 4 is 15.9 Å². The van der Waals surface area contributed by atoms with Crippen LogP contribution in [0.1, 0.15) is 26.2 Å². The van der Waals surface area contributed by atoms with Crippen molar-refractivity contribution in [2.45, 2.75) is 37.5 Å². The summed E-state index contributed by atoms with van der Waals surface area (Å²) in [6, 6.07) is 0.312. The maximum Gasteiger partial charge on any atom is 0.221 e. The van der Waals surface area contributed by atoms with E-state index in [4.69, 9.17) is 5.73 Å². The van der Waals surface area contributed by atoms with Crippen molar-refractivity contribution < 1.29 is 13.2 Å². The van der Waals surface area contributed by atoms with Gasteiger partial charge in [0.05, 0.1) is 5.25 Å². The van der Waals surface area contributed by atoms with Crippen LogP contribution < -0.4 is 15.8 Å². The zero-order chi connectivity index (χ0) is 12.2. The van der Waals surface area contributed by atoms with Gasteiger partial charge in [-0.25, -0.2) is 13.1 Å². The van der Waals surface area contributed by atoms with Crippen molar-refractivity contribution in [1.29, 1.82) is 0 Å². The van der Waals surface area contributed by atoms with E-state index in [2.05, 4.69) is 10.0 Å². The van der Waals surface area contributed by atoms with Gasteiger partial charge in [-0.2, -0.15) is 0 Å². The predicted molar refractivity (Wildman–Crippen MR) is 61.2 cm³/mol. The molecule has 0 aromatic rings. The van der Waals surface area contributed by atoms with E-state index in [0.717, 1.165) is 12.8 Å². The molecule has 16 heavy (non-hydrogen) atoms. The minimum atomic E-state index is -3.37. The van der Waals surface area contributed by atoms with E-state index in [9.17, 15) is 13.2 Å². The third kappa shape index (κ3) is 4.46. The summed E-state index contributed by atoms with van der Waals surface area (Å²) >= 11 is 0. The molecule has 1 fully saturated rings.